The maximum absolute atomic E-state index is 14.2. The number of phenols is 1. The number of hydrogen-bond donors (Lipinski definition) is 5. The first kappa shape index (κ1) is 31.9. The van der Waals surface area contributed by atoms with Gasteiger partial charge in [-0.2, -0.15) is 0 Å². The molecule has 234 valence electrons. The van der Waals surface area contributed by atoms with Gasteiger partial charge in [0, 0.05) is 38.3 Å². The van der Waals surface area contributed by atoms with Gasteiger partial charge in [0.25, 0.3) is 0 Å². The minimum atomic E-state index is -2.81. The second-order valence-corrected chi connectivity index (χ2v) is 13.2. The lowest BCUT2D eigenvalue weighted by molar-refractivity contribution is -0.181. The number of aromatic hydroxyl groups is 1. The highest BCUT2D eigenvalue weighted by Crippen LogP contribution is 2.53. The van der Waals surface area contributed by atoms with E-state index in [1.54, 1.807) is 45.8 Å². The summed E-state index contributed by atoms with van der Waals surface area (Å²) in [5, 5.41) is 27.2. The summed E-state index contributed by atoms with van der Waals surface area (Å²) in [4.78, 5) is 82.8. The zero-order chi connectivity index (χ0) is 32.5. The molecule has 1 aromatic rings. The Bertz CT molecular complexity index is 1430. The van der Waals surface area contributed by atoms with Crippen LogP contribution < -0.4 is 26.4 Å². The molecule has 0 saturated heterocycles. The Balaban J connectivity index is 1.83. The number of benzene rings is 1. The van der Waals surface area contributed by atoms with E-state index < -0.39 is 81.7 Å². The third-order valence-corrected chi connectivity index (χ3v) is 8.62. The highest BCUT2D eigenvalue weighted by Gasteiger charge is 2.69. The Morgan fingerprint density at radius 1 is 1.02 bits per heavy atom. The zero-order valence-corrected chi connectivity index (χ0v) is 25.6. The summed E-state index contributed by atoms with van der Waals surface area (Å²) in [7, 11) is 8.01. The van der Waals surface area contributed by atoms with Crippen molar-refractivity contribution in [3.8, 4) is 5.75 Å². The van der Waals surface area contributed by atoms with Gasteiger partial charge in [-0.05, 0) is 65.3 Å². The number of nitrogens with two attached hydrogens (primary N) is 1. The smallest absolute Gasteiger partial charge is 0.333 e. The molecule has 1 aromatic carbocycles. The highest BCUT2D eigenvalue weighted by molar-refractivity contribution is 6.32. The van der Waals surface area contributed by atoms with E-state index in [1.807, 2.05) is 0 Å². The normalized spacial score (nSPS) is 28.6. The van der Waals surface area contributed by atoms with Crippen molar-refractivity contribution in [2.24, 2.45) is 29.4 Å². The van der Waals surface area contributed by atoms with Gasteiger partial charge < -0.3 is 26.2 Å². The first-order valence-electron chi connectivity index (χ1n) is 14.0. The molecule has 0 aliphatic heterocycles. The van der Waals surface area contributed by atoms with E-state index in [-0.39, 0.29) is 24.1 Å². The summed E-state index contributed by atoms with van der Waals surface area (Å²) >= 11 is 0. The standard InChI is InChI=1S/C29H40N6O8/c1-28(2,3)31-27(42)32-35(8)16-11-15(33(4)5)13-9-12-10-14-20(34(6)7)23(38)19(26(30)41)25(40)29(14,43)24(39)17(12)22(37)18(13)21(16)36/h11-12,14,17,19-20,36,43H,9-10H2,1-8H3,(H2,30,41)(H2,31,32,42)/t12-,14-,17?,19?,20-,29-/m0/s1. The van der Waals surface area contributed by atoms with Crippen molar-refractivity contribution >= 4 is 46.4 Å². The molecule has 2 fully saturated rings. The summed E-state index contributed by atoms with van der Waals surface area (Å²) in [6.07, 6.45) is 0.0720. The van der Waals surface area contributed by atoms with Crippen LogP contribution in [0.1, 0.15) is 43.1 Å². The van der Waals surface area contributed by atoms with Crippen molar-refractivity contribution in [2.75, 3.05) is 45.1 Å². The van der Waals surface area contributed by atoms with Crippen molar-refractivity contribution in [3.63, 3.8) is 0 Å². The fourth-order valence-corrected chi connectivity index (χ4v) is 6.87. The molecule has 14 heteroatoms. The number of nitrogens with zero attached hydrogens (tertiary/aromatic N) is 3. The molecule has 0 heterocycles. The number of likely N-dealkylation sites (N-methyl/N-ethyl adjacent to an activating group) is 1. The average Bonchev–Trinajstić information content (AvgIpc) is 2.84. The lowest BCUT2D eigenvalue weighted by atomic mass is 9.52. The number of urea groups is 1. The van der Waals surface area contributed by atoms with Gasteiger partial charge in [-0.1, -0.05) is 0 Å². The van der Waals surface area contributed by atoms with E-state index in [0.29, 0.717) is 11.3 Å². The summed E-state index contributed by atoms with van der Waals surface area (Å²) < 4.78 is 0. The topological polar surface area (TPSA) is 203 Å². The van der Waals surface area contributed by atoms with Crippen LogP contribution >= 0.6 is 0 Å². The van der Waals surface area contributed by atoms with Crippen LogP contribution in [0.3, 0.4) is 0 Å². The van der Waals surface area contributed by atoms with Crippen LogP contribution in [0.4, 0.5) is 16.2 Å². The van der Waals surface area contributed by atoms with Crippen molar-refractivity contribution in [2.45, 2.75) is 50.8 Å². The lowest BCUT2D eigenvalue weighted by Gasteiger charge is -2.52. The molecular weight excluding hydrogens is 560 g/mol. The summed E-state index contributed by atoms with van der Waals surface area (Å²) in [5.74, 6) is -11.3. The Morgan fingerprint density at radius 3 is 2.14 bits per heavy atom. The monoisotopic (exact) mass is 600 g/mol. The molecule has 0 aromatic heterocycles. The predicted octanol–water partition coefficient (Wildman–Crippen LogP) is -0.618. The van der Waals surface area contributed by atoms with Crippen molar-refractivity contribution in [1.82, 2.24) is 15.6 Å². The predicted molar refractivity (Wildman–Crippen MR) is 156 cm³/mol. The molecule has 6 atom stereocenters. The van der Waals surface area contributed by atoms with E-state index in [9.17, 15) is 39.0 Å². The number of amides is 3. The summed E-state index contributed by atoms with van der Waals surface area (Å²) in [6.45, 7) is 5.38. The second kappa shape index (κ2) is 10.6. The quantitative estimate of drug-likeness (QED) is 0.213. The lowest BCUT2D eigenvalue weighted by Crippen LogP contribution is -2.74. The summed E-state index contributed by atoms with van der Waals surface area (Å²) in [6, 6.07) is -0.136. The van der Waals surface area contributed by atoms with Gasteiger partial charge in [-0.3, -0.25) is 33.9 Å². The van der Waals surface area contributed by atoms with Crippen LogP contribution in [0.15, 0.2) is 6.07 Å². The number of fused-ring (bicyclic) bond motifs is 3. The number of primary amides is 1. The first-order chi connectivity index (χ1) is 19.7. The minimum absolute atomic E-state index is 0.0479. The van der Waals surface area contributed by atoms with Gasteiger partial charge in [0.1, 0.15) is 5.69 Å². The number of nitrogens with one attached hydrogen (secondary N) is 2. The van der Waals surface area contributed by atoms with E-state index in [4.69, 9.17) is 5.73 Å². The van der Waals surface area contributed by atoms with Gasteiger partial charge in [-0.15, -0.1) is 0 Å². The zero-order valence-electron chi connectivity index (χ0n) is 25.6. The molecule has 0 radical (unpaired) electrons. The van der Waals surface area contributed by atoms with Crippen molar-refractivity contribution < 1.29 is 39.0 Å². The Morgan fingerprint density at radius 2 is 1.63 bits per heavy atom. The number of carbonyl (C=O) groups is 6. The van der Waals surface area contributed by atoms with Gasteiger partial charge >= 0.3 is 6.03 Å². The van der Waals surface area contributed by atoms with Gasteiger partial charge in [0.15, 0.2) is 40.4 Å². The van der Waals surface area contributed by atoms with Crippen LogP contribution in [0.2, 0.25) is 0 Å². The van der Waals surface area contributed by atoms with E-state index in [1.165, 1.54) is 31.1 Å². The van der Waals surface area contributed by atoms with Gasteiger partial charge in [0.05, 0.1) is 17.5 Å². The van der Waals surface area contributed by atoms with Crippen LogP contribution in [-0.2, 0) is 25.6 Å². The number of Topliss-reactive ketones (excluding diaryl/α,β-unsaturated/α-hetero) is 4. The number of phenolic OH excluding ortho intramolecular Hbond substituents is 1. The maximum Gasteiger partial charge on any atom is 0.333 e. The molecule has 3 aliphatic rings. The molecule has 4 rings (SSSR count). The van der Waals surface area contributed by atoms with E-state index >= 15 is 0 Å². The SMILES string of the molecule is CN(C)c1cc(N(C)NC(=O)NC(C)(C)C)c(O)c2c1C[C@H]1C[C@H]3[C@H](N(C)C)C(=O)C(C(N)=O)C(=O)[C@@]3(O)C(=O)C1C2=O. The van der Waals surface area contributed by atoms with Gasteiger partial charge in [0.2, 0.25) is 5.91 Å². The molecular formula is C29H40N6O8. The first-order valence-corrected chi connectivity index (χ1v) is 14.0. The molecule has 0 spiro atoms. The second-order valence-electron chi connectivity index (χ2n) is 13.2. The highest BCUT2D eigenvalue weighted by atomic mass is 16.3. The van der Waals surface area contributed by atoms with Crippen LogP contribution in [0.5, 0.6) is 5.75 Å². The third kappa shape index (κ3) is 5.01. The molecule has 43 heavy (non-hydrogen) atoms. The number of anilines is 2. The molecule has 0 bridgehead atoms. The Kier molecular flexibility index (Phi) is 7.86. The molecule has 6 N–H and O–H groups in total. The fourth-order valence-electron chi connectivity index (χ4n) is 6.87. The van der Waals surface area contributed by atoms with Gasteiger partial charge in [-0.25, -0.2) is 10.2 Å². The number of aliphatic hydroxyl groups is 1. The maximum atomic E-state index is 14.2. The number of carbonyl (C=O) groups excluding carboxylic acids is 6. The summed E-state index contributed by atoms with van der Waals surface area (Å²) in [5.41, 5.74) is 5.50. The number of hydrazine groups is 1. The van der Waals surface area contributed by atoms with Crippen LogP contribution in [0.25, 0.3) is 0 Å². The minimum Gasteiger partial charge on any atom is -0.505 e. The largest absolute Gasteiger partial charge is 0.505 e. The van der Waals surface area contributed by atoms with Crippen molar-refractivity contribution in [1.29, 1.82) is 0 Å². The van der Waals surface area contributed by atoms with Crippen LogP contribution in [-0.4, -0.2) is 103 Å². The molecule has 14 nitrogen and oxygen atoms in total. The Labute approximate surface area is 249 Å². The third-order valence-electron chi connectivity index (χ3n) is 8.62. The molecule has 3 aliphatic carbocycles. The average molecular weight is 601 g/mol. The van der Waals surface area contributed by atoms with E-state index in [2.05, 4.69) is 10.7 Å². The van der Waals surface area contributed by atoms with Crippen LogP contribution in [0, 0.1) is 23.7 Å². The number of ketones is 4. The molecule has 3 amide bonds. The molecule has 2 saturated carbocycles. The van der Waals surface area contributed by atoms with Crippen molar-refractivity contribution in [3.05, 3.63) is 17.2 Å². The van der Waals surface area contributed by atoms with E-state index in [0.717, 1.165) is 0 Å². The molecule has 2 unspecified atom stereocenters. The Hall–Kier alpha value is -4.04. The number of hydrogen-bond acceptors (Lipinski definition) is 11. The fraction of sp³-hybridized carbons (Fsp3) is 0.586. The number of rotatable bonds is 5.